The van der Waals surface area contributed by atoms with Crippen molar-refractivity contribution in [3.8, 4) is 0 Å². The van der Waals surface area contributed by atoms with Crippen LogP contribution in [-0.2, 0) is 0 Å². The molecule has 1 fully saturated rings. The van der Waals surface area contributed by atoms with Crippen LogP contribution in [0.25, 0.3) is 0 Å². The molecule has 1 unspecified atom stereocenters. The molecule has 0 N–H and O–H groups in total. The highest BCUT2D eigenvalue weighted by molar-refractivity contribution is 4.71. The zero-order valence-corrected chi connectivity index (χ0v) is 5.97. The summed E-state index contributed by atoms with van der Waals surface area (Å²) in [6.07, 6.45) is -0.644. The molecule has 0 spiro atoms. The molecule has 2 nitrogen and oxygen atoms in total. The smallest absolute Gasteiger partial charge is 0.128 e. The molecular weight excluding hydrogens is 119 g/mol. The van der Waals surface area contributed by atoms with Crippen LogP contribution in [0.3, 0.4) is 0 Å². The van der Waals surface area contributed by atoms with Gasteiger partial charge >= 0.3 is 0 Å². The molecule has 9 heavy (non-hydrogen) atoms. The zero-order chi connectivity index (χ0) is 6.85. The SMILES string of the molecule is CCN1CC(F)CN1C. The summed E-state index contributed by atoms with van der Waals surface area (Å²) in [6.45, 7) is 4.09. The quantitative estimate of drug-likeness (QED) is 0.513. The molecule has 54 valence electrons. The largest absolute Gasteiger partial charge is 0.245 e. The lowest BCUT2D eigenvalue weighted by Crippen LogP contribution is -2.32. The third-order valence-corrected chi connectivity index (χ3v) is 1.72. The number of hydrazine groups is 1. The van der Waals surface area contributed by atoms with Gasteiger partial charge in [0, 0.05) is 26.7 Å². The van der Waals surface area contributed by atoms with Gasteiger partial charge in [-0.25, -0.2) is 14.4 Å². The summed E-state index contributed by atoms with van der Waals surface area (Å²) in [7, 11) is 1.92. The Balaban J connectivity index is 2.38. The Morgan fingerprint density at radius 1 is 1.56 bits per heavy atom. The van der Waals surface area contributed by atoms with E-state index in [0.717, 1.165) is 6.54 Å². The molecule has 1 aliphatic heterocycles. The summed E-state index contributed by atoms with van der Waals surface area (Å²) >= 11 is 0. The van der Waals surface area contributed by atoms with E-state index in [4.69, 9.17) is 0 Å². The molecule has 0 aromatic carbocycles. The minimum Gasteiger partial charge on any atom is -0.245 e. The molecule has 0 aromatic rings. The second-order valence-electron chi connectivity index (χ2n) is 2.44. The van der Waals surface area contributed by atoms with Gasteiger partial charge in [0.05, 0.1) is 0 Å². The lowest BCUT2D eigenvalue weighted by molar-refractivity contribution is 0.0628. The lowest BCUT2D eigenvalue weighted by atomic mass is 10.4. The third-order valence-electron chi connectivity index (χ3n) is 1.72. The molecule has 1 atom stereocenters. The molecule has 1 rings (SSSR count). The average molecular weight is 132 g/mol. The first-order chi connectivity index (χ1) is 4.24. The van der Waals surface area contributed by atoms with Crippen LogP contribution in [-0.4, -0.2) is 42.9 Å². The maximum atomic E-state index is 12.5. The highest BCUT2D eigenvalue weighted by Crippen LogP contribution is 2.09. The maximum absolute atomic E-state index is 12.5. The Labute approximate surface area is 55.2 Å². The molecule has 0 bridgehead atoms. The van der Waals surface area contributed by atoms with E-state index in [2.05, 4.69) is 0 Å². The number of hydrogen-bond acceptors (Lipinski definition) is 2. The van der Waals surface area contributed by atoms with Gasteiger partial charge in [0.25, 0.3) is 0 Å². The first kappa shape index (κ1) is 6.96. The highest BCUT2D eigenvalue weighted by Gasteiger charge is 2.24. The van der Waals surface area contributed by atoms with Gasteiger partial charge in [-0.3, -0.25) is 0 Å². The van der Waals surface area contributed by atoms with Crippen molar-refractivity contribution in [1.29, 1.82) is 0 Å². The molecule has 1 heterocycles. The molecule has 0 aromatic heterocycles. The fraction of sp³-hybridized carbons (Fsp3) is 1.00. The van der Waals surface area contributed by atoms with Gasteiger partial charge in [0.1, 0.15) is 6.17 Å². The second-order valence-corrected chi connectivity index (χ2v) is 2.44. The first-order valence-corrected chi connectivity index (χ1v) is 3.34. The predicted octanol–water partition coefficient (Wildman–Crippen LogP) is 0.507. The summed E-state index contributed by atoms with van der Waals surface area (Å²) in [5.41, 5.74) is 0. The first-order valence-electron chi connectivity index (χ1n) is 3.34. The van der Waals surface area contributed by atoms with E-state index in [1.165, 1.54) is 0 Å². The number of nitrogens with zero attached hydrogens (tertiary/aromatic N) is 2. The molecule has 1 saturated heterocycles. The molecule has 0 aliphatic carbocycles. The van der Waals surface area contributed by atoms with Crippen LogP contribution in [0.5, 0.6) is 0 Å². The van der Waals surface area contributed by atoms with Crippen LogP contribution in [0.2, 0.25) is 0 Å². The van der Waals surface area contributed by atoms with E-state index in [1.54, 1.807) is 0 Å². The van der Waals surface area contributed by atoms with Crippen LogP contribution in [0.4, 0.5) is 4.39 Å². The van der Waals surface area contributed by atoms with Gasteiger partial charge in [0.15, 0.2) is 0 Å². The topological polar surface area (TPSA) is 6.48 Å². The fourth-order valence-electron chi connectivity index (χ4n) is 1.20. The highest BCUT2D eigenvalue weighted by atomic mass is 19.1. The van der Waals surface area contributed by atoms with Gasteiger partial charge in [-0.2, -0.15) is 0 Å². The molecule has 3 heteroatoms. The van der Waals surface area contributed by atoms with E-state index in [-0.39, 0.29) is 0 Å². The van der Waals surface area contributed by atoms with Crippen molar-refractivity contribution in [3.05, 3.63) is 0 Å². The van der Waals surface area contributed by atoms with E-state index >= 15 is 0 Å². The van der Waals surface area contributed by atoms with Crippen LogP contribution in [0.1, 0.15) is 6.92 Å². The summed E-state index contributed by atoms with van der Waals surface area (Å²) in [5, 5.41) is 3.94. The van der Waals surface area contributed by atoms with Gasteiger partial charge < -0.3 is 0 Å². The minimum absolute atomic E-state index is 0.563. The van der Waals surface area contributed by atoms with Crippen molar-refractivity contribution in [2.75, 3.05) is 26.7 Å². The summed E-state index contributed by atoms with van der Waals surface area (Å²) in [6, 6.07) is 0. The normalized spacial score (nSPS) is 31.7. The predicted molar refractivity (Wildman–Crippen MR) is 34.8 cm³/mol. The molecule has 0 saturated carbocycles. The minimum atomic E-state index is -0.644. The lowest BCUT2D eigenvalue weighted by Gasteiger charge is -2.20. The van der Waals surface area contributed by atoms with Crippen LogP contribution >= 0.6 is 0 Å². The standard InChI is InChI=1S/C6H13FN2/c1-3-9-5-6(7)4-8(9)2/h6H,3-5H2,1-2H3. The van der Waals surface area contributed by atoms with E-state index in [0.29, 0.717) is 13.1 Å². The summed E-state index contributed by atoms with van der Waals surface area (Å²) in [5.74, 6) is 0. The molecule has 0 amide bonds. The Kier molecular flexibility index (Phi) is 2.03. The van der Waals surface area contributed by atoms with Gasteiger partial charge in [-0.1, -0.05) is 6.92 Å². The van der Waals surface area contributed by atoms with Crippen molar-refractivity contribution in [2.24, 2.45) is 0 Å². The van der Waals surface area contributed by atoms with Gasteiger partial charge in [-0.15, -0.1) is 0 Å². The van der Waals surface area contributed by atoms with Gasteiger partial charge in [0.2, 0.25) is 0 Å². The number of rotatable bonds is 1. The summed E-state index contributed by atoms with van der Waals surface area (Å²) < 4.78 is 12.5. The molecule has 0 radical (unpaired) electrons. The maximum Gasteiger partial charge on any atom is 0.128 e. The zero-order valence-electron chi connectivity index (χ0n) is 5.97. The number of halogens is 1. The average Bonchev–Trinajstić information content (AvgIpc) is 2.10. The Hall–Kier alpha value is -0.150. The van der Waals surface area contributed by atoms with Crippen LogP contribution < -0.4 is 0 Å². The van der Waals surface area contributed by atoms with Crippen LogP contribution in [0, 0.1) is 0 Å². The van der Waals surface area contributed by atoms with E-state index in [1.807, 2.05) is 24.0 Å². The fourth-order valence-corrected chi connectivity index (χ4v) is 1.20. The van der Waals surface area contributed by atoms with E-state index < -0.39 is 6.17 Å². The van der Waals surface area contributed by atoms with E-state index in [9.17, 15) is 4.39 Å². The Bertz CT molecular complexity index is 97.1. The monoisotopic (exact) mass is 132 g/mol. The van der Waals surface area contributed by atoms with Crippen molar-refractivity contribution >= 4 is 0 Å². The molecule has 1 aliphatic rings. The van der Waals surface area contributed by atoms with Crippen molar-refractivity contribution < 1.29 is 4.39 Å². The Morgan fingerprint density at radius 2 is 2.22 bits per heavy atom. The van der Waals surface area contributed by atoms with Crippen molar-refractivity contribution in [3.63, 3.8) is 0 Å². The van der Waals surface area contributed by atoms with Gasteiger partial charge in [-0.05, 0) is 0 Å². The number of alkyl halides is 1. The Morgan fingerprint density at radius 3 is 2.44 bits per heavy atom. The summed E-state index contributed by atoms with van der Waals surface area (Å²) in [4.78, 5) is 0. The number of hydrogen-bond donors (Lipinski definition) is 0. The third kappa shape index (κ3) is 1.40. The second kappa shape index (κ2) is 2.62. The van der Waals surface area contributed by atoms with Crippen molar-refractivity contribution in [1.82, 2.24) is 10.0 Å². The van der Waals surface area contributed by atoms with Crippen molar-refractivity contribution in [2.45, 2.75) is 13.1 Å². The van der Waals surface area contributed by atoms with Crippen LogP contribution in [0.15, 0.2) is 0 Å². The molecular formula is C6H13FN2.